The molecule has 3 aromatic heterocycles. The van der Waals surface area contributed by atoms with Crippen molar-refractivity contribution in [1.82, 2.24) is 19.5 Å². The van der Waals surface area contributed by atoms with E-state index in [9.17, 15) is 0 Å². The Morgan fingerprint density at radius 2 is 1.24 bits per heavy atom. The zero-order valence-corrected chi connectivity index (χ0v) is 27.8. The summed E-state index contributed by atoms with van der Waals surface area (Å²) in [5.41, 5.74) is 13.4. The maximum absolute atomic E-state index is 5.17. The lowest BCUT2D eigenvalue weighted by atomic mass is 9.80. The summed E-state index contributed by atoms with van der Waals surface area (Å²) in [7, 11) is 0. The molecule has 0 amide bonds. The molecule has 0 N–H and O–H groups in total. The molecule has 0 unspecified atom stereocenters. The Morgan fingerprint density at radius 1 is 0.560 bits per heavy atom. The third-order valence-corrected chi connectivity index (χ3v) is 10.4. The summed E-state index contributed by atoms with van der Waals surface area (Å²) in [5.74, 6) is 0.709. The molecular formula is C46H32N4. The molecule has 0 fully saturated rings. The monoisotopic (exact) mass is 640 g/mol. The molecular weight excluding hydrogens is 609 g/mol. The molecule has 6 aromatic carbocycles. The van der Waals surface area contributed by atoms with Crippen LogP contribution >= 0.6 is 0 Å². The summed E-state index contributed by atoms with van der Waals surface area (Å²) in [5, 5.41) is 4.94. The minimum Gasteiger partial charge on any atom is -0.309 e. The summed E-state index contributed by atoms with van der Waals surface area (Å²) in [6.07, 6.45) is 4.00. The number of nitrogens with zero attached hydrogens (tertiary/aromatic N) is 4. The molecule has 236 valence electrons. The normalized spacial score (nSPS) is 13.2. The molecule has 0 spiro atoms. The number of fused-ring (bicyclic) bond motifs is 10. The Morgan fingerprint density at radius 3 is 2.06 bits per heavy atom. The molecule has 50 heavy (non-hydrogen) atoms. The molecule has 10 rings (SSSR count). The summed E-state index contributed by atoms with van der Waals surface area (Å²) < 4.78 is 2.47. The van der Waals surface area contributed by atoms with Crippen LogP contribution < -0.4 is 0 Å². The lowest BCUT2D eigenvalue weighted by Gasteiger charge is -2.23. The highest BCUT2D eigenvalue weighted by Gasteiger charge is 2.39. The summed E-state index contributed by atoms with van der Waals surface area (Å²) in [6, 6.07) is 51.5. The Bertz CT molecular complexity index is 2720. The molecule has 0 saturated carbocycles. The van der Waals surface area contributed by atoms with E-state index < -0.39 is 0 Å². The van der Waals surface area contributed by atoms with Crippen molar-refractivity contribution in [2.24, 2.45) is 0 Å². The minimum atomic E-state index is -0.187. The van der Waals surface area contributed by atoms with Crippen LogP contribution in [-0.4, -0.2) is 19.5 Å². The van der Waals surface area contributed by atoms with Crippen molar-refractivity contribution in [3.05, 3.63) is 169 Å². The molecule has 3 heterocycles. The third-order valence-electron chi connectivity index (χ3n) is 10.4. The lowest BCUT2D eigenvalue weighted by molar-refractivity contribution is 0.666. The van der Waals surface area contributed by atoms with Gasteiger partial charge in [0.25, 0.3) is 0 Å². The maximum atomic E-state index is 5.17. The van der Waals surface area contributed by atoms with Gasteiger partial charge in [-0.2, -0.15) is 0 Å². The summed E-state index contributed by atoms with van der Waals surface area (Å²) in [6.45, 7) is 4.71. The first kappa shape index (κ1) is 28.6. The molecule has 0 bridgehead atoms. The fourth-order valence-corrected chi connectivity index (χ4v) is 8.25. The average Bonchev–Trinajstić information content (AvgIpc) is 3.65. The summed E-state index contributed by atoms with van der Waals surface area (Å²) >= 11 is 0. The second kappa shape index (κ2) is 10.8. The Hall–Kier alpha value is -6.39. The van der Waals surface area contributed by atoms with Gasteiger partial charge in [0, 0.05) is 61.9 Å². The molecule has 1 aliphatic carbocycles. The number of hydrogen-bond acceptors (Lipinski definition) is 3. The van der Waals surface area contributed by atoms with Gasteiger partial charge >= 0.3 is 0 Å². The highest BCUT2D eigenvalue weighted by molar-refractivity contribution is 6.27. The van der Waals surface area contributed by atoms with Gasteiger partial charge in [-0.05, 0) is 52.4 Å². The second-order valence-corrected chi connectivity index (χ2v) is 13.7. The molecule has 4 heteroatoms. The zero-order valence-electron chi connectivity index (χ0n) is 27.8. The van der Waals surface area contributed by atoms with Gasteiger partial charge < -0.3 is 4.57 Å². The largest absolute Gasteiger partial charge is 0.309 e. The number of para-hydroxylation sites is 1. The quantitative estimate of drug-likeness (QED) is 0.192. The van der Waals surface area contributed by atoms with Crippen LogP contribution in [0, 0.1) is 0 Å². The number of benzene rings is 6. The molecule has 0 aliphatic heterocycles. The first-order valence-corrected chi connectivity index (χ1v) is 17.1. The fourth-order valence-electron chi connectivity index (χ4n) is 8.25. The van der Waals surface area contributed by atoms with E-state index in [-0.39, 0.29) is 5.41 Å². The van der Waals surface area contributed by atoms with Crippen LogP contribution in [0.15, 0.2) is 158 Å². The maximum Gasteiger partial charge on any atom is 0.160 e. The molecule has 4 nitrogen and oxygen atoms in total. The van der Waals surface area contributed by atoms with Crippen LogP contribution in [0.25, 0.3) is 83.3 Å². The minimum absolute atomic E-state index is 0.187. The Labute approximate surface area is 290 Å². The number of rotatable bonds is 4. The van der Waals surface area contributed by atoms with Gasteiger partial charge in [-0.1, -0.05) is 129 Å². The van der Waals surface area contributed by atoms with Gasteiger partial charge in [0.05, 0.1) is 22.4 Å². The van der Waals surface area contributed by atoms with Crippen LogP contribution in [0.2, 0.25) is 0 Å². The van der Waals surface area contributed by atoms with Crippen molar-refractivity contribution in [2.75, 3.05) is 0 Å². The van der Waals surface area contributed by atoms with Gasteiger partial charge in [0.2, 0.25) is 0 Å². The number of aromatic nitrogens is 4. The first-order chi connectivity index (χ1) is 24.6. The molecule has 9 aromatic rings. The van der Waals surface area contributed by atoms with Crippen LogP contribution in [-0.2, 0) is 5.41 Å². The van der Waals surface area contributed by atoms with E-state index in [1.54, 1.807) is 0 Å². The van der Waals surface area contributed by atoms with Crippen LogP contribution in [0.3, 0.4) is 0 Å². The Balaban J connectivity index is 1.28. The highest BCUT2D eigenvalue weighted by Crippen LogP contribution is 2.56. The van der Waals surface area contributed by atoms with Gasteiger partial charge in [-0.25, -0.2) is 9.97 Å². The van der Waals surface area contributed by atoms with Crippen molar-refractivity contribution >= 4 is 32.6 Å². The average molecular weight is 641 g/mol. The zero-order chi connectivity index (χ0) is 33.4. The first-order valence-electron chi connectivity index (χ1n) is 17.1. The van der Waals surface area contributed by atoms with Crippen molar-refractivity contribution < 1.29 is 0 Å². The lowest BCUT2D eigenvalue weighted by Crippen LogP contribution is -2.15. The predicted molar refractivity (Wildman–Crippen MR) is 206 cm³/mol. The van der Waals surface area contributed by atoms with Crippen LogP contribution in [0.5, 0.6) is 0 Å². The van der Waals surface area contributed by atoms with Crippen LogP contribution in [0.1, 0.15) is 25.0 Å². The van der Waals surface area contributed by atoms with E-state index in [1.165, 1.54) is 54.8 Å². The van der Waals surface area contributed by atoms with Gasteiger partial charge in [0.15, 0.2) is 5.82 Å². The Kier molecular flexibility index (Phi) is 6.19. The summed E-state index contributed by atoms with van der Waals surface area (Å²) in [4.78, 5) is 14.9. The highest BCUT2D eigenvalue weighted by atomic mass is 15.0. The van der Waals surface area contributed by atoms with E-state index in [2.05, 4.69) is 151 Å². The van der Waals surface area contributed by atoms with E-state index in [0.29, 0.717) is 5.82 Å². The third kappa shape index (κ3) is 4.15. The van der Waals surface area contributed by atoms with E-state index in [4.69, 9.17) is 9.97 Å². The van der Waals surface area contributed by atoms with E-state index in [0.717, 1.165) is 33.8 Å². The topological polar surface area (TPSA) is 43.6 Å². The van der Waals surface area contributed by atoms with Crippen molar-refractivity contribution in [3.8, 4) is 50.7 Å². The number of pyridine rings is 1. The standard InChI is InChI=1S/C46H32N4/c1-46(2)37-22-11-9-20-34(37)42-43(46)36-28-47-25-24-33(36)41-35-21-10-12-23-40(35)50(44(41)42)32-19-13-18-31(26-32)39-27-38(29-14-5-3-6-15-29)48-45(49-39)30-16-7-4-8-17-30/h3-28H,1-2H3. The van der Waals surface area contributed by atoms with E-state index in [1.807, 2.05) is 30.5 Å². The molecule has 0 radical (unpaired) electrons. The van der Waals surface area contributed by atoms with Gasteiger partial charge in [-0.3, -0.25) is 4.98 Å². The molecule has 0 atom stereocenters. The van der Waals surface area contributed by atoms with Crippen LogP contribution in [0.4, 0.5) is 0 Å². The second-order valence-electron chi connectivity index (χ2n) is 13.7. The SMILES string of the molecule is CC1(C)c2ccccc2-c2c1c1cnccc1c1c3ccccc3n(-c3cccc(-c4cc(-c5ccccc5)nc(-c5ccccc5)n4)c3)c21. The van der Waals surface area contributed by atoms with E-state index >= 15 is 0 Å². The number of hydrogen-bond donors (Lipinski definition) is 0. The van der Waals surface area contributed by atoms with Crippen molar-refractivity contribution in [2.45, 2.75) is 19.3 Å². The molecule has 0 saturated heterocycles. The van der Waals surface area contributed by atoms with Gasteiger partial charge in [0.1, 0.15) is 0 Å². The smallest absolute Gasteiger partial charge is 0.160 e. The van der Waals surface area contributed by atoms with Crippen molar-refractivity contribution in [3.63, 3.8) is 0 Å². The molecule has 1 aliphatic rings. The fraction of sp³-hybridized carbons (Fsp3) is 0.0652. The van der Waals surface area contributed by atoms with Gasteiger partial charge in [-0.15, -0.1) is 0 Å². The predicted octanol–water partition coefficient (Wildman–Crippen LogP) is 11.4. The van der Waals surface area contributed by atoms with Crippen molar-refractivity contribution in [1.29, 1.82) is 0 Å².